The van der Waals surface area contributed by atoms with Gasteiger partial charge < -0.3 is 20.3 Å². The molecule has 3 N–H and O–H groups in total. The SMILES string of the molecule is CN1CCCC1CCN1C(=O)c2cc3c(cc2C1=O)N=C(c1c(NC[C@@H](O)c2cccc(Cl)c2)cc[nH]c1=O)C3. The maximum atomic E-state index is 13.2. The van der Waals surface area contributed by atoms with Crippen LogP contribution in [0, 0.1) is 0 Å². The number of aromatic amines is 1. The largest absolute Gasteiger partial charge is 0.387 e. The average Bonchev–Trinajstić information content (AvgIpc) is 3.61. The van der Waals surface area contributed by atoms with E-state index in [-0.39, 0.29) is 23.9 Å². The van der Waals surface area contributed by atoms with Crippen LogP contribution >= 0.6 is 11.6 Å². The van der Waals surface area contributed by atoms with Gasteiger partial charge in [0.1, 0.15) is 0 Å². The van der Waals surface area contributed by atoms with Gasteiger partial charge in [-0.25, -0.2) is 0 Å². The molecule has 1 saturated heterocycles. The van der Waals surface area contributed by atoms with Gasteiger partial charge in [-0.3, -0.25) is 24.3 Å². The predicted octanol–water partition coefficient (Wildman–Crippen LogP) is 3.93. The van der Waals surface area contributed by atoms with Gasteiger partial charge in [0, 0.05) is 36.8 Å². The zero-order valence-corrected chi connectivity index (χ0v) is 22.9. The first-order valence-electron chi connectivity index (χ1n) is 13.5. The van der Waals surface area contributed by atoms with Crippen LogP contribution in [0.3, 0.4) is 0 Å². The van der Waals surface area contributed by atoms with Crippen molar-refractivity contribution in [1.82, 2.24) is 14.8 Å². The van der Waals surface area contributed by atoms with Crippen molar-refractivity contribution in [2.24, 2.45) is 4.99 Å². The molecule has 1 fully saturated rings. The molecule has 0 radical (unpaired) electrons. The number of fused-ring (bicyclic) bond motifs is 2. The summed E-state index contributed by atoms with van der Waals surface area (Å²) in [4.78, 5) is 50.3. The highest BCUT2D eigenvalue weighted by Crippen LogP contribution is 2.36. The summed E-state index contributed by atoms with van der Waals surface area (Å²) < 4.78 is 0. The van der Waals surface area contributed by atoms with Crippen LogP contribution < -0.4 is 10.9 Å². The van der Waals surface area contributed by atoms with E-state index in [1.54, 1.807) is 42.5 Å². The number of rotatable bonds is 8. The summed E-state index contributed by atoms with van der Waals surface area (Å²) >= 11 is 6.05. The lowest BCUT2D eigenvalue weighted by Crippen LogP contribution is -2.35. The normalized spacial score (nSPS) is 19.1. The summed E-state index contributed by atoms with van der Waals surface area (Å²) in [6.07, 6.45) is 4.02. The van der Waals surface area contributed by atoms with Gasteiger partial charge in [0.15, 0.2) is 0 Å². The summed E-state index contributed by atoms with van der Waals surface area (Å²) in [5, 5.41) is 14.3. The molecule has 10 heteroatoms. The number of carbonyl (C=O) groups excluding carboxylic acids is 2. The molecular weight excluding hydrogens is 530 g/mol. The Morgan fingerprint density at radius 2 is 1.95 bits per heavy atom. The minimum Gasteiger partial charge on any atom is -0.387 e. The van der Waals surface area contributed by atoms with Crippen LogP contribution in [-0.2, 0) is 6.42 Å². The Morgan fingerprint density at radius 1 is 1.15 bits per heavy atom. The van der Waals surface area contributed by atoms with E-state index in [4.69, 9.17) is 16.6 Å². The first-order valence-corrected chi connectivity index (χ1v) is 13.9. The summed E-state index contributed by atoms with van der Waals surface area (Å²) in [6.45, 7) is 1.60. The number of halogens is 1. The van der Waals surface area contributed by atoms with Gasteiger partial charge >= 0.3 is 0 Å². The number of benzene rings is 2. The number of aliphatic hydroxyl groups is 1. The van der Waals surface area contributed by atoms with Gasteiger partial charge in [0.25, 0.3) is 17.4 Å². The molecule has 206 valence electrons. The summed E-state index contributed by atoms with van der Waals surface area (Å²) in [5.74, 6) is -0.561. The number of likely N-dealkylation sites (tertiary alicyclic amines) is 1. The smallest absolute Gasteiger partial charge is 0.261 e. The molecule has 2 amide bonds. The second-order valence-electron chi connectivity index (χ2n) is 10.6. The number of hydrogen-bond donors (Lipinski definition) is 3. The highest BCUT2D eigenvalue weighted by molar-refractivity contribution is 6.30. The fourth-order valence-electron chi connectivity index (χ4n) is 5.90. The van der Waals surface area contributed by atoms with E-state index in [9.17, 15) is 19.5 Å². The van der Waals surface area contributed by atoms with Crippen molar-refractivity contribution in [1.29, 1.82) is 0 Å². The van der Waals surface area contributed by atoms with Crippen LogP contribution in [0.15, 0.2) is 58.4 Å². The molecule has 0 spiro atoms. The number of pyridine rings is 1. The summed E-state index contributed by atoms with van der Waals surface area (Å²) in [5.41, 5.74) is 3.88. The summed E-state index contributed by atoms with van der Waals surface area (Å²) in [7, 11) is 2.08. The molecule has 3 aliphatic heterocycles. The first-order chi connectivity index (χ1) is 19.3. The molecule has 40 heavy (non-hydrogen) atoms. The third-order valence-corrected chi connectivity index (χ3v) is 8.34. The molecule has 2 atom stereocenters. The van der Waals surface area contributed by atoms with Crippen LogP contribution in [0.25, 0.3) is 0 Å². The second kappa shape index (κ2) is 10.6. The van der Waals surface area contributed by atoms with Crippen molar-refractivity contribution in [3.63, 3.8) is 0 Å². The predicted molar refractivity (Wildman–Crippen MR) is 154 cm³/mol. The van der Waals surface area contributed by atoms with E-state index in [0.29, 0.717) is 63.4 Å². The third kappa shape index (κ3) is 4.85. The molecule has 1 unspecified atom stereocenters. The topological polar surface area (TPSA) is 118 Å². The van der Waals surface area contributed by atoms with Gasteiger partial charge in [-0.1, -0.05) is 23.7 Å². The van der Waals surface area contributed by atoms with E-state index < -0.39 is 6.10 Å². The van der Waals surface area contributed by atoms with E-state index >= 15 is 0 Å². The van der Waals surface area contributed by atoms with E-state index in [0.717, 1.165) is 31.4 Å². The Bertz CT molecular complexity index is 1600. The fourth-order valence-corrected chi connectivity index (χ4v) is 6.10. The lowest BCUT2D eigenvalue weighted by Gasteiger charge is -2.22. The Morgan fingerprint density at radius 3 is 2.70 bits per heavy atom. The average molecular weight is 560 g/mol. The zero-order valence-electron chi connectivity index (χ0n) is 22.1. The lowest BCUT2D eigenvalue weighted by atomic mass is 10.00. The molecule has 2 aromatic carbocycles. The quantitative estimate of drug-likeness (QED) is 0.360. The third-order valence-electron chi connectivity index (χ3n) is 8.11. The van der Waals surface area contributed by atoms with E-state index in [2.05, 4.69) is 22.2 Å². The number of aliphatic hydroxyl groups excluding tert-OH is 1. The van der Waals surface area contributed by atoms with Crippen molar-refractivity contribution in [3.05, 3.63) is 91.9 Å². The number of aliphatic imine (C=N–C) groups is 1. The number of nitrogens with one attached hydrogen (secondary N) is 2. The fraction of sp³-hybridized carbons (Fsp3) is 0.333. The molecule has 4 heterocycles. The lowest BCUT2D eigenvalue weighted by molar-refractivity contribution is 0.0642. The molecule has 0 saturated carbocycles. The van der Waals surface area contributed by atoms with Crippen molar-refractivity contribution >= 4 is 40.5 Å². The number of anilines is 1. The molecule has 3 aromatic rings. The molecule has 1 aromatic heterocycles. The molecule has 0 bridgehead atoms. The van der Waals surface area contributed by atoms with Gasteiger partial charge in [0.2, 0.25) is 0 Å². The Labute approximate surface area is 236 Å². The second-order valence-corrected chi connectivity index (χ2v) is 11.1. The minimum absolute atomic E-state index is 0.154. The van der Waals surface area contributed by atoms with Crippen molar-refractivity contribution in [2.45, 2.75) is 37.8 Å². The Balaban J connectivity index is 1.21. The van der Waals surface area contributed by atoms with Gasteiger partial charge in [-0.05, 0) is 74.3 Å². The van der Waals surface area contributed by atoms with Crippen LogP contribution in [-0.4, -0.2) is 70.1 Å². The van der Waals surface area contributed by atoms with Gasteiger partial charge in [0.05, 0.1) is 39.9 Å². The molecule has 6 rings (SSSR count). The molecule has 9 nitrogen and oxygen atoms in total. The number of nitrogens with zero attached hydrogens (tertiary/aromatic N) is 3. The number of hydrogen-bond acceptors (Lipinski definition) is 7. The van der Waals surface area contributed by atoms with Crippen LogP contribution in [0.4, 0.5) is 11.4 Å². The van der Waals surface area contributed by atoms with Crippen molar-refractivity contribution in [3.8, 4) is 0 Å². The van der Waals surface area contributed by atoms with Crippen LogP contribution in [0.5, 0.6) is 0 Å². The molecule has 3 aliphatic rings. The minimum atomic E-state index is -0.842. The summed E-state index contributed by atoms with van der Waals surface area (Å²) in [6, 6.07) is 12.5. The number of carbonyl (C=O) groups is 2. The van der Waals surface area contributed by atoms with Crippen molar-refractivity contribution < 1.29 is 14.7 Å². The Kier molecular flexibility index (Phi) is 7.04. The van der Waals surface area contributed by atoms with Gasteiger partial charge in [-0.15, -0.1) is 0 Å². The van der Waals surface area contributed by atoms with E-state index in [1.807, 2.05) is 0 Å². The van der Waals surface area contributed by atoms with Gasteiger partial charge in [-0.2, -0.15) is 0 Å². The van der Waals surface area contributed by atoms with Crippen LogP contribution in [0.2, 0.25) is 5.02 Å². The standard InChI is InChI=1S/C30H30ClN5O4/c1-35-10-3-6-20(35)8-11-36-29(39)21-13-18-14-25(34-24(18)15-22(21)30(36)40)27-23(7-9-32-28(27)38)33-16-26(37)17-4-2-5-19(31)12-17/h2,4-5,7,9,12-13,15,20,26,37H,3,6,8,10-11,14,16H2,1H3,(H2,32,33,38)/t20?,26-/m1/s1. The van der Waals surface area contributed by atoms with Crippen LogP contribution in [0.1, 0.15) is 62.8 Å². The highest BCUT2D eigenvalue weighted by Gasteiger charge is 2.38. The first kappa shape index (κ1) is 26.4. The maximum Gasteiger partial charge on any atom is 0.261 e. The zero-order chi connectivity index (χ0) is 28.0. The number of imide groups is 1. The number of aromatic nitrogens is 1. The van der Waals surface area contributed by atoms with Crippen molar-refractivity contribution in [2.75, 3.05) is 32.0 Å². The molecule has 0 aliphatic carbocycles. The Hall–Kier alpha value is -3.79. The monoisotopic (exact) mass is 559 g/mol. The molecular formula is C30H30ClN5O4. The number of amides is 2. The number of H-pyrrole nitrogens is 1. The maximum absolute atomic E-state index is 13.2. The highest BCUT2D eigenvalue weighted by atomic mass is 35.5. The van der Waals surface area contributed by atoms with E-state index in [1.165, 1.54) is 11.1 Å².